The van der Waals surface area contributed by atoms with Crippen LogP contribution in [0.15, 0.2) is 48.5 Å². The first kappa shape index (κ1) is 15.1. The van der Waals surface area contributed by atoms with Crippen LogP contribution >= 0.6 is 0 Å². The molecule has 0 aromatic heterocycles. The first-order valence-corrected chi connectivity index (χ1v) is 5.37. The Bertz CT molecular complexity index is 513. The van der Waals surface area contributed by atoms with Crippen molar-refractivity contribution in [3.05, 3.63) is 59.7 Å². The van der Waals surface area contributed by atoms with Gasteiger partial charge in [-0.15, -0.1) is 0 Å². The van der Waals surface area contributed by atoms with Gasteiger partial charge in [0.1, 0.15) is 11.5 Å². The maximum absolute atomic E-state index is 12.4. The Morgan fingerprint density at radius 1 is 0.789 bits per heavy atom. The van der Waals surface area contributed by atoms with Gasteiger partial charge in [0.25, 0.3) is 0 Å². The summed E-state index contributed by atoms with van der Waals surface area (Å²) in [6, 6.07) is 11.9. The van der Waals surface area contributed by atoms with Gasteiger partial charge in [-0.25, -0.2) is 0 Å². The molecule has 2 rings (SSSR count). The molecule has 2 aromatic rings. The monoisotopic (exact) mass is 268 g/mol. The average Bonchev–Trinajstić information content (AvgIpc) is 2.32. The van der Waals surface area contributed by atoms with Crippen LogP contribution in [0.2, 0.25) is 0 Å². The van der Waals surface area contributed by atoms with Gasteiger partial charge >= 0.3 is 6.18 Å². The summed E-state index contributed by atoms with van der Waals surface area (Å²) < 4.78 is 42.5. The van der Waals surface area contributed by atoms with E-state index in [2.05, 4.69) is 0 Å². The third-order valence-corrected chi connectivity index (χ3v) is 2.44. The van der Waals surface area contributed by atoms with E-state index in [4.69, 9.17) is 4.74 Å². The summed E-state index contributed by atoms with van der Waals surface area (Å²) in [6.07, 6.45) is -4.32. The van der Waals surface area contributed by atoms with Crippen molar-refractivity contribution < 1.29 is 17.9 Å². The Kier molecular flexibility index (Phi) is 4.59. The lowest BCUT2D eigenvalue weighted by molar-refractivity contribution is -0.137. The number of ether oxygens (including phenoxy) is 1. The van der Waals surface area contributed by atoms with Crippen molar-refractivity contribution in [1.82, 2.24) is 0 Å². The van der Waals surface area contributed by atoms with Crippen molar-refractivity contribution in [3.8, 4) is 11.5 Å². The molecule has 0 bridgehead atoms. The number of hydrogen-bond acceptors (Lipinski definition) is 1. The van der Waals surface area contributed by atoms with Crippen LogP contribution in [0.5, 0.6) is 11.5 Å². The van der Waals surface area contributed by atoms with Crippen molar-refractivity contribution >= 4 is 0 Å². The minimum Gasteiger partial charge on any atom is -0.457 e. The molecule has 0 radical (unpaired) electrons. The van der Waals surface area contributed by atoms with E-state index < -0.39 is 11.7 Å². The van der Waals surface area contributed by atoms with Gasteiger partial charge in [0, 0.05) is 0 Å². The molecule has 0 unspecified atom stereocenters. The van der Waals surface area contributed by atoms with Crippen LogP contribution < -0.4 is 4.74 Å². The molecule has 0 aliphatic rings. The number of halogens is 3. The summed E-state index contributed by atoms with van der Waals surface area (Å²) in [5.74, 6) is 0.979. The topological polar surface area (TPSA) is 9.23 Å². The molecule has 0 amide bonds. The van der Waals surface area contributed by atoms with Gasteiger partial charge in [-0.2, -0.15) is 13.2 Å². The summed E-state index contributed by atoms with van der Waals surface area (Å²) in [5.41, 5.74) is 0.411. The molecule has 2 aromatic carbocycles. The Labute approximate surface area is 110 Å². The van der Waals surface area contributed by atoms with Gasteiger partial charge in [0.2, 0.25) is 0 Å². The van der Waals surface area contributed by atoms with E-state index in [1.807, 2.05) is 19.1 Å². The summed E-state index contributed by atoms with van der Waals surface area (Å²) in [7, 11) is 0. The molecule has 0 atom stereocenters. The Balaban J connectivity index is 0.00000180. The number of hydrogen-bond donors (Lipinski definition) is 0. The van der Waals surface area contributed by atoms with Crippen LogP contribution in [-0.4, -0.2) is 0 Å². The molecular formula is C15H15F3O. The third-order valence-electron chi connectivity index (χ3n) is 2.44. The standard InChI is InChI=1S/C14H11F3O.CH4/c1-10-2-6-12(7-3-10)18-13-8-4-11(5-9-13)14(15,16)17;/h2-9H,1H3;1H4. The SMILES string of the molecule is C.Cc1ccc(Oc2ccc(C(F)(F)F)cc2)cc1. The highest BCUT2D eigenvalue weighted by Crippen LogP contribution is 2.31. The lowest BCUT2D eigenvalue weighted by Crippen LogP contribution is -2.03. The fourth-order valence-corrected chi connectivity index (χ4v) is 1.45. The second-order valence-corrected chi connectivity index (χ2v) is 3.94. The van der Waals surface area contributed by atoms with Crippen LogP contribution in [0, 0.1) is 6.92 Å². The molecule has 0 N–H and O–H groups in total. The normalized spacial score (nSPS) is 10.7. The first-order chi connectivity index (χ1) is 8.45. The molecule has 102 valence electrons. The van der Waals surface area contributed by atoms with E-state index in [9.17, 15) is 13.2 Å². The van der Waals surface area contributed by atoms with Gasteiger partial charge in [-0.3, -0.25) is 0 Å². The van der Waals surface area contributed by atoms with Crippen LogP contribution in [0.25, 0.3) is 0 Å². The summed E-state index contributed by atoms with van der Waals surface area (Å²) >= 11 is 0. The molecule has 1 nitrogen and oxygen atoms in total. The predicted octanol–water partition coefficient (Wildman–Crippen LogP) is 5.44. The Hall–Kier alpha value is -1.97. The van der Waals surface area contributed by atoms with E-state index in [0.29, 0.717) is 11.5 Å². The third kappa shape index (κ3) is 4.02. The van der Waals surface area contributed by atoms with Crippen LogP contribution in [-0.2, 0) is 6.18 Å². The van der Waals surface area contributed by atoms with Gasteiger partial charge in [-0.05, 0) is 43.3 Å². The minimum atomic E-state index is -4.32. The van der Waals surface area contributed by atoms with Crippen LogP contribution in [0.1, 0.15) is 18.6 Å². The van der Waals surface area contributed by atoms with Gasteiger partial charge in [0.05, 0.1) is 5.56 Å². The molecule has 0 aliphatic carbocycles. The number of benzene rings is 2. The molecule has 0 saturated heterocycles. The molecule has 0 spiro atoms. The number of rotatable bonds is 2. The Morgan fingerprint density at radius 3 is 1.63 bits per heavy atom. The van der Waals surface area contributed by atoms with Crippen molar-refractivity contribution in [2.24, 2.45) is 0 Å². The number of aryl methyl sites for hydroxylation is 1. The van der Waals surface area contributed by atoms with E-state index in [-0.39, 0.29) is 7.43 Å². The summed E-state index contributed by atoms with van der Waals surface area (Å²) in [6.45, 7) is 1.95. The van der Waals surface area contributed by atoms with Crippen LogP contribution in [0.3, 0.4) is 0 Å². The van der Waals surface area contributed by atoms with Crippen LogP contribution in [0.4, 0.5) is 13.2 Å². The Morgan fingerprint density at radius 2 is 1.21 bits per heavy atom. The highest BCUT2D eigenvalue weighted by molar-refractivity contribution is 5.34. The molecule has 0 saturated carbocycles. The van der Waals surface area contributed by atoms with Crippen molar-refractivity contribution in [2.75, 3.05) is 0 Å². The highest BCUT2D eigenvalue weighted by Gasteiger charge is 2.29. The summed E-state index contributed by atoms with van der Waals surface area (Å²) in [5, 5.41) is 0. The van der Waals surface area contributed by atoms with Gasteiger partial charge in [-0.1, -0.05) is 25.1 Å². The molecule has 0 heterocycles. The van der Waals surface area contributed by atoms with E-state index in [0.717, 1.165) is 17.7 Å². The second kappa shape index (κ2) is 5.78. The maximum atomic E-state index is 12.4. The zero-order chi connectivity index (χ0) is 13.2. The quantitative estimate of drug-likeness (QED) is 0.704. The number of alkyl halides is 3. The van der Waals surface area contributed by atoms with Crippen molar-refractivity contribution in [2.45, 2.75) is 20.5 Å². The fraction of sp³-hybridized carbons (Fsp3) is 0.200. The zero-order valence-corrected chi connectivity index (χ0v) is 9.66. The van der Waals surface area contributed by atoms with Crippen molar-refractivity contribution in [1.29, 1.82) is 0 Å². The molecule has 4 heteroatoms. The summed E-state index contributed by atoms with van der Waals surface area (Å²) in [4.78, 5) is 0. The highest BCUT2D eigenvalue weighted by atomic mass is 19.4. The van der Waals surface area contributed by atoms with E-state index in [1.54, 1.807) is 12.1 Å². The van der Waals surface area contributed by atoms with E-state index in [1.165, 1.54) is 12.1 Å². The smallest absolute Gasteiger partial charge is 0.416 e. The first-order valence-electron chi connectivity index (χ1n) is 5.37. The fourth-order valence-electron chi connectivity index (χ4n) is 1.45. The predicted molar refractivity (Wildman–Crippen MR) is 69.4 cm³/mol. The lowest BCUT2D eigenvalue weighted by atomic mass is 10.2. The lowest BCUT2D eigenvalue weighted by Gasteiger charge is -2.09. The van der Waals surface area contributed by atoms with Crippen molar-refractivity contribution in [3.63, 3.8) is 0 Å². The van der Waals surface area contributed by atoms with Gasteiger partial charge < -0.3 is 4.74 Å². The molecule has 19 heavy (non-hydrogen) atoms. The average molecular weight is 268 g/mol. The molecule has 0 aliphatic heterocycles. The zero-order valence-electron chi connectivity index (χ0n) is 9.66. The molecule has 0 fully saturated rings. The second-order valence-electron chi connectivity index (χ2n) is 3.94. The maximum Gasteiger partial charge on any atom is 0.416 e. The largest absolute Gasteiger partial charge is 0.457 e. The van der Waals surface area contributed by atoms with Gasteiger partial charge in [0.15, 0.2) is 0 Å². The van der Waals surface area contributed by atoms with E-state index >= 15 is 0 Å². The molecular weight excluding hydrogens is 253 g/mol. The minimum absolute atomic E-state index is 0.